The first-order valence-corrected chi connectivity index (χ1v) is 16.0. The summed E-state index contributed by atoms with van der Waals surface area (Å²) in [7, 11) is 0. The van der Waals surface area contributed by atoms with Gasteiger partial charge in [0.2, 0.25) is 11.9 Å². The molecule has 226 valence electrons. The van der Waals surface area contributed by atoms with E-state index in [0.29, 0.717) is 54.3 Å². The predicted octanol–water partition coefficient (Wildman–Crippen LogP) is 4.64. The van der Waals surface area contributed by atoms with E-state index in [-0.39, 0.29) is 40.9 Å². The normalized spacial score (nSPS) is 19.4. The molecule has 2 fully saturated rings. The maximum Gasteiger partial charge on any atom is 0.420 e. The zero-order valence-corrected chi connectivity index (χ0v) is 24.7. The van der Waals surface area contributed by atoms with E-state index < -0.39 is 11.7 Å². The maximum atomic E-state index is 14.2. The minimum atomic E-state index is -4.68. The summed E-state index contributed by atoms with van der Waals surface area (Å²) in [6.45, 7) is 3.01. The van der Waals surface area contributed by atoms with Gasteiger partial charge < -0.3 is 20.7 Å². The van der Waals surface area contributed by atoms with Gasteiger partial charge >= 0.3 is 6.18 Å². The topological polar surface area (TPSA) is 114 Å². The third kappa shape index (κ3) is 5.73. The average molecular weight is 631 g/mol. The number of anilines is 2. The number of nitrogens with zero attached hydrogens (tertiary/aromatic N) is 4. The van der Waals surface area contributed by atoms with Crippen molar-refractivity contribution in [1.29, 1.82) is 0 Å². The molecule has 2 aromatic heterocycles. The van der Waals surface area contributed by atoms with Crippen LogP contribution in [0.25, 0.3) is 10.6 Å². The Balaban J connectivity index is 1.22. The number of aromatic nitrogens is 2. The second-order valence-electron chi connectivity index (χ2n) is 11.3. The molecule has 1 saturated heterocycles. The van der Waals surface area contributed by atoms with E-state index in [1.54, 1.807) is 11.0 Å². The van der Waals surface area contributed by atoms with E-state index in [1.165, 1.54) is 11.8 Å². The number of ether oxygens (including phenoxy) is 1. The third-order valence-corrected chi connectivity index (χ3v) is 10.5. The van der Waals surface area contributed by atoms with E-state index in [1.807, 2.05) is 11.0 Å². The summed E-state index contributed by atoms with van der Waals surface area (Å²) >= 11 is 2.51. The third-order valence-electron chi connectivity index (χ3n) is 8.24. The number of thiophene rings is 1. The molecule has 3 aliphatic heterocycles. The number of primary amides is 1. The molecule has 1 saturated carbocycles. The number of carbonyl (C=O) groups is 2. The number of hydrogen-bond donors (Lipinski definition) is 2. The summed E-state index contributed by atoms with van der Waals surface area (Å²) in [5, 5.41) is 3.23. The summed E-state index contributed by atoms with van der Waals surface area (Å²) in [5.41, 5.74) is 8.29. The van der Waals surface area contributed by atoms with Gasteiger partial charge in [-0.15, -0.1) is 23.1 Å². The monoisotopic (exact) mass is 630 g/mol. The van der Waals surface area contributed by atoms with Gasteiger partial charge in [-0.2, -0.15) is 13.2 Å². The molecule has 43 heavy (non-hydrogen) atoms. The van der Waals surface area contributed by atoms with E-state index >= 15 is 0 Å². The highest BCUT2D eigenvalue weighted by molar-refractivity contribution is 7.99. The number of benzene rings is 1. The summed E-state index contributed by atoms with van der Waals surface area (Å²) in [6.07, 6.45) is -1.09. The van der Waals surface area contributed by atoms with Gasteiger partial charge in [0.05, 0.1) is 36.4 Å². The molecule has 0 spiro atoms. The Morgan fingerprint density at radius 3 is 2.67 bits per heavy atom. The number of carbonyl (C=O) groups excluding carboxylic acids is 2. The molecule has 5 heterocycles. The van der Waals surface area contributed by atoms with Gasteiger partial charge in [0.15, 0.2) is 0 Å². The molecule has 2 amide bonds. The van der Waals surface area contributed by atoms with Crippen molar-refractivity contribution in [2.75, 3.05) is 43.9 Å². The van der Waals surface area contributed by atoms with E-state index in [4.69, 9.17) is 10.5 Å². The summed E-state index contributed by atoms with van der Waals surface area (Å²) in [4.78, 5) is 38.5. The average Bonchev–Trinajstić information content (AvgIpc) is 3.70. The van der Waals surface area contributed by atoms with Gasteiger partial charge in [-0.1, -0.05) is 6.07 Å². The number of nitrogens with one attached hydrogen (secondary N) is 1. The van der Waals surface area contributed by atoms with Crippen molar-refractivity contribution in [3.63, 3.8) is 0 Å². The van der Waals surface area contributed by atoms with Gasteiger partial charge in [-0.05, 0) is 54.0 Å². The van der Waals surface area contributed by atoms with Crippen molar-refractivity contribution in [3.05, 3.63) is 51.5 Å². The van der Waals surface area contributed by atoms with Crippen molar-refractivity contribution in [1.82, 2.24) is 19.8 Å². The molecule has 0 unspecified atom stereocenters. The Kier molecular flexibility index (Phi) is 7.35. The molecule has 0 atom stereocenters. The predicted molar refractivity (Wildman–Crippen MR) is 157 cm³/mol. The van der Waals surface area contributed by atoms with Crippen molar-refractivity contribution in [2.45, 2.75) is 48.8 Å². The minimum Gasteiger partial charge on any atom is -0.377 e. The number of alkyl halides is 3. The smallest absolute Gasteiger partial charge is 0.377 e. The van der Waals surface area contributed by atoms with E-state index in [0.717, 1.165) is 59.2 Å². The highest BCUT2D eigenvalue weighted by Crippen LogP contribution is 2.47. The van der Waals surface area contributed by atoms with Gasteiger partial charge in [0.1, 0.15) is 10.4 Å². The molecule has 0 bridgehead atoms. The van der Waals surface area contributed by atoms with Crippen LogP contribution < -0.4 is 11.1 Å². The lowest BCUT2D eigenvalue weighted by Crippen LogP contribution is -2.52. The Morgan fingerprint density at radius 1 is 1.16 bits per heavy atom. The molecule has 0 radical (unpaired) electrons. The largest absolute Gasteiger partial charge is 0.420 e. The van der Waals surface area contributed by atoms with Crippen molar-refractivity contribution < 1.29 is 27.5 Å². The number of halogens is 3. The second-order valence-corrected chi connectivity index (χ2v) is 13.5. The van der Waals surface area contributed by atoms with Gasteiger partial charge in [-0.25, -0.2) is 9.97 Å². The second kappa shape index (κ2) is 11.1. The summed E-state index contributed by atoms with van der Waals surface area (Å²) in [5.74, 6) is 0.509. The van der Waals surface area contributed by atoms with Gasteiger partial charge in [-0.3, -0.25) is 14.5 Å². The molecule has 14 heteroatoms. The van der Waals surface area contributed by atoms with Crippen LogP contribution in [0, 0.1) is 0 Å². The van der Waals surface area contributed by atoms with Crippen LogP contribution in [-0.4, -0.2) is 76.2 Å². The fourth-order valence-corrected chi connectivity index (χ4v) is 8.14. The van der Waals surface area contributed by atoms with Crippen LogP contribution in [0.4, 0.5) is 24.8 Å². The van der Waals surface area contributed by atoms with Gasteiger partial charge in [0, 0.05) is 42.2 Å². The maximum absolute atomic E-state index is 14.2. The number of amides is 2. The molecular weight excluding hydrogens is 601 g/mol. The van der Waals surface area contributed by atoms with Crippen LogP contribution in [-0.2, 0) is 28.7 Å². The Hall–Kier alpha value is -3.20. The number of hydrogen-bond acceptors (Lipinski definition) is 9. The van der Waals surface area contributed by atoms with Crippen LogP contribution in [0.15, 0.2) is 29.3 Å². The first kappa shape index (κ1) is 28.6. The van der Waals surface area contributed by atoms with Crippen LogP contribution in [0.1, 0.15) is 50.7 Å². The Bertz CT molecular complexity index is 1600. The van der Waals surface area contributed by atoms with Gasteiger partial charge in [0.25, 0.3) is 5.91 Å². The van der Waals surface area contributed by atoms with Crippen LogP contribution in [0.2, 0.25) is 0 Å². The van der Waals surface area contributed by atoms with E-state index in [2.05, 4.69) is 21.4 Å². The van der Waals surface area contributed by atoms with Crippen LogP contribution in [0.3, 0.4) is 0 Å². The van der Waals surface area contributed by atoms with Crippen LogP contribution in [0.5, 0.6) is 0 Å². The zero-order chi connectivity index (χ0) is 29.9. The van der Waals surface area contributed by atoms with Crippen molar-refractivity contribution in [3.8, 4) is 10.6 Å². The quantitative estimate of drug-likeness (QED) is 0.389. The minimum absolute atomic E-state index is 0.00584. The molecule has 9 nitrogen and oxygen atoms in total. The first-order chi connectivity index (χ1) is 20.6. The number of nitrogens with two attached hydrogens (primary N) is 1. The van der Waals surface area contributed by atoms with Crippen molar-refractivity contribution >= 4 is 46.5 Å². The van der Waals surface area contributed by atoms with E-state index in [9.17, 15) is 22.8 Å². The highest BCUT2D eigenvalue weighted by Gasteiger charge is 2.38. The molecule has 4 aliphatic rings. The fourth-order valence-electron chi connectivity index (χ4n) is 5.83. The lowest BCUT2D eigenvalue weighted by Gasteiger charge is -2.36. The first-order valence-electron chi connectivity index (χ1n) is 14.2. The highest BCUT2D eigenvalue weighted by atomic mass is 32.2. The lowest BCUT2D eigenvalue weighted by molar-refractivity contribution is -0.137. The SMILES string of the molecule is NC(=O)CN1CCc2cc(Nc3ncc(C(F)(F)F)c(-c4cc5c(s4)C(=O)N(C4COC4)CCS5)n3)c(C3CC3)cc2C1. The summed E-state index contributed by atoms with van der Waals surface area (Å²) < 4.78 is 47.8. The number of rotatable bonds is 7. The molecule has 1 aliphatic carbocycles. The van der Waals surface area contributed by atoms with Crippen LogP contribution >= 0.6 is 23.1 Å². The summed E-state index contributed by atoms with van der Waals surface area (Å²) in [6, 6.07) is 5.81. The number of fused-ring (bicyclic) bond motifs is 2. The standard InChI is InChI=1S/C29H29F3N6O3S2/c30-29(31,32)20-10-34-28(35-21-8-16-3-4-37(12-24(33)39)11-17(16)7-19(21)15-1-2-15)36-25(20)22-9-23-26(43-22)27(40)38(5-6-42-23)18-13-41-14-18/h7-10,15,18H,1-6,11-14H2,(H2,33,39)(H,34,35,36). The molecule has 1 aromatic carbocycles. The fraction of sp³-hybridized carbons (Fsp3) is 0.448. The lowest BCUT2D eigenvalue weighted by atomic mass is 9.94. The molecule has 3 aromatic rings. The molecular formula is C29H29F3N6O3S2. The Morgan fingerprint density at radius 2 is 1.98 bits per heavy atom. The molecule has 7 rings (SSSR count). The molecule has 3 N–H and O–H groups in total. The zero-order valence-electron chi connectivity index (χ0n) is 23.1. The van der Waals surface area contributed by atoms with Crippen molar-refractivity contribution in [2.24, 2.45) is 5.73 Å². The Labute approximate surface area is 254 Å². The number of thioether (sulfide) groups is 1.